The summed E-state index contributed by atoms with van der Waals surface area (Å²) < 4.78 is 30.3. The van der Waals surface area contributed by atoms with Gasteiger partial charge in [-0.3, -0.25) is 14.6 Å². The van der Waals surface area contributed by atoms with E-state index in [0.29, 0.717) is 16.2 Å². The summed E-state index contributed by atoms with van der Waals surface area (Å²) in [5.74, 6) is 2.04. The minimum absolute atomic E-state index is 0.0580. The summed E-state index contributed by atoms with van der Waals surface area (Å²) in [6.45, 7) is 1.94. The molecule has 1 aromatic heterocycles. The highest BCUT2D eigenvalue weighted by Crippen LogP contribution is 2.39. The predicted molar refractivity (Wildman–Crippen MR) is 133 cm³/mol. The molecule has 0 radical (unpaired) electrons. The zero-order valence-electron chi connectivity index (χ0n) is 19.9. The van der Waals surface area contributed by atoms with Crippen molar-refractivity contribution in [2.75, 3.05) is 22.9 Å². The monoisotopic (exact) mass is 500 g/mol. The molecule has 3 aromatic rings. The molecule has 0 bridgehead atoms. The van der Waals surface area contributed by atoms with Crippen molar-refractivity contribution in [3.05, 3.63) is 89.8 Å². The van der Waals surface area contributed by atoms with Gasteiger partial charge in [-0.1, -0.05) is 37.0 Å². The van der Waals surface area contributed by atoms with E-state index in [-0.39, 0.29) is 25.1 Å². The number of halogens is 2. The quantitative estimate of drug-likeness (QED) is 0.508. The van der Waals surface area contributed by atoms with Gasteiger partial charge in [0.15, 0.2) is 11.6 Å². The maximum atomic E-state index is 15.2. The van der Waals surface area contributed by atoms with E-state index in [2.05, 4.69) is 16.8 Å². The van der Waals surface area contributed by atoms with Crippen LogP contribution >= 0.6 is 0 Å². The molecule has 9 heteroatoms. The van der Waals surface area contributed by atoms with Crippen molar-refractivity contribution in [2.45, 2.75) is 25.3 Å². The molecule has 1 atom stereocenters. The van der Waals surface area contributed by atoms with Crippen LogP contribution in [0.2, 0.25) is 0 Å². The van der Waals surface area contributed by atoms with Crippen molar-refractivity contribution in [1.82, 2.24) is 9.88 Å². The van der Waals surface area contributed by atoms with Crippen molar-refractivity contribution < 1.29 is 23.2 Å². The summed E-state index contributed by atoms with van der Waals surface area (Å²) >= 11 is 0. The second-order valence-corrected chi connectivity index (χ2v) is 8.80. The third kappa shape index (κ3) is 4.10. The Balaban J connectivity index is 1.47. The molecule has 0 N–H and O–H groups in total. The van der Waals surface area contributed by atoms with E-state index in [1.54, 1.807) is 49.5 Å². The van der Waals surface area contributed by atoms with E-state index < -0.39 is 47.1 Å². The van der Waals surface area contributed by atoms with Crippen molar-refractivity contribution >= 4 is 29.2 Å². The lowest BCUT2D eigenvalue weighted by Gasteiger charge is -2.52. The van der Waals surface area contributed by atoms with Crippen molar-refractivity contribution in [1.29, 1.82) is 0 Å². The Morgan fingerprint density at radius 3 is 2.30 bits per heavy atom. The van der Waals surface area contributed by atoms with Crippen LogP contribution in [0.15, 0.2) is 67.0 Å². The molecule has 37 heavy (non-hydrogen) atoms. The number of pyridine rings is 1. The van der Waals surface area contributed by atoms with Crippen LogP contribution < -0.4 is 9.80 Å². The number of hydrogen-bond acceptors (Lipinski definition) is 4. The highest BCUT2D eigenvalue weighted by Gasteiger charge is 2.57. The van der Waals surface area contributed by atoms with Gasteiger partial charge in [-0.05, 0) is 42.8 Å². The topological polar surface area (TPSA) is 73.8 Å². The average molecular weight is 501 g/mol. The Morgan fingerprint density at radius 1 is 0.946 bits per heavy atom. The minimum atomic E-state index is -1.45. The zero-order chi connectivity index (χ0) is 26.2. The molecule has 2 aliphatic heterocycles. The molecule has 0 aliphatic carbocycles. The van der Waals surface area contributed by atoms with Gasteiger partial charge in [-0.15, -0.1) is 0 Å². The standard InChI is InChI=1S/C28H22F2N4O3/c1-2-28-17-24(35)34(27(37)33(28)14-13-32(26(28)36)21-9-6-12-31-18-21)25-22(29)15-20(16-23(25)30)11-10-19-7-4-3-5-8-19/h3-9,12,15-16,18H,2,13-14,17H2,1H3/t28-/m0/s1. The van der Waals surface area contributed by atoms with Crippen LogP contribution in [0, 0.1) is 23.5 Å². The molecule has 2 saturated heterocycles. The lowest BCUT2D eigenvalue weighted by atomic mass is 9.83. The second kappa shape index (κ2) is 9.47. The van der Waals surface area contributed by atoms with Gasteiger partial charge >= 0.3 is 6.03 Å². The first-order valence-corrected chi connectivity index (χ1v) is 11.8. The zero-order valence-corrected chi connectivity index (χ0v) is 19.9. The predicted octanol–water partition coefficient (Wildman–Crippen LogP) is 4.11. The van der Waals surface area contributed by atoms with E-state index in [1.807, 2.05) is 6.07 Å². The Kier molecular flexibility index (Phi) is 6.17. The lowest BCUT2D eigenvalue weighted by Crippen LogP contribution is -2.73. The van der Waals surface area contributed by atoms with Gasteiger partial charge in [-0.2, -0.15) is 0 Å². The van der Waals surface area contributed by atoms with Gasteiger partial charge < -0.3 is 9.80 Å². The number of carbonyl (C=O) groups is 3. The smallest absolute Gasteiger partial charge is 0.307 e. The van der Waals surface area contributed by atoms with Crippen LogP contribution in [-0.2, 0) is 9.59 Å². The molecule has 0 spiro atoms. The van der Waals surface area contributed by atoms with Crippen molar-refractivity contribution in [2.24, 2.45) is 0 Å². The molecule has 4 amide bonds. The Morgan fingerprint density at radius 2 is 1.65 bits per heavy atom. The molecule has 0 unspecified atom stereocenters. The largest absolute Gasteiger partial charge is 0.332 e. The van der Waals surface area contributed by atoms with E-state index >= 15 is 8.78 Å². The number of urea groups is 1. The molecule has 0 saturated carbocycles. The Bertz CT molecular complexity index is 1430. The van der Waals surface area contributed by atoms with Crippen LogP contribution in [0.25, 0.3) is 0 Å². The number of imide groups is 1. The van der Waals surface area contributed by atoms with Crippen molar-refractivity contribution in [3.63, 3.8) is 0 Å². The fourth-order valence-electron chi connectivity index (χ4n) is 4.85. The van der Waals surface area contributed by atoms with E-state index in [9.17, 15) is 14.4 Å². The maximum Gasteiger partial charge on any atom is 0.332 e. The first-order valence-electron chi connectivity index (χ1n) is 11.8. The number of anilines is 2. The number of amides is 4. The number of nitrogens with zero attached hydrogens (tertiary/aromatic N) is 4. The van der Waals surface area contributed by atoms with Gasteiger partial charge in [0.25, 0.3) is 5.91 Å². The molecule has 7 nitrogen and oxygen atoms in total. The fourth-order valence-corrected chi connectivity index (χ4v) is 4.85. The average Bonchev–Trinajstić information content (AvgIpc) is 2.90. The van der Waals surface area contributed by atoms with Gasteiger partial charge in [0.05, 0.1) is 18.3 Å². The summed E-state index contributed by atoms with van der Waals surface area (Å²) in [7, 11) is 0. The number of rotatable bonds is 3. The van der Waals surface area contributed by atoms with Crippen LogP contribution in [0.4, 0.5) is 25.0 Å². The Labute approximate surface area is 212 Å². The molecular formula is C28H22F2N4O3. The lowest BCUT2D eigenvalue weighted by molar-refractivity contribution is -0.139. The molecular weight excluding hydrogens is 478 g/mol. The normalized spacial score (nSPS) is 19.4. The van der Waals surface area contributed by atoms with E-state index in [4.69, 9.17) is 0 Å². The molecule has 2 fully saturated rings. The number of carbonyl (C=O) groups excluding carboxylic acids is 3. The Hall–Kier alpha value is -4.58. The summed E-state index contributed by atoms with van der Waals surface area (Å²) in [5.41, 5.74) is -0.951. The van der Waals surface area contributed by atoms with Crippen LogP contribution in [0.3, 0.4) is 0 Å². The summed E-state index contributed by atoms with van der Waals surface area (Å²) in [4.78, 5) is 47.6. The SMILES string of the molecule is CC[C@@]12CC(=O)N(c3c(F)cc(C#Cc4ccccc4)cc3F)C(=O)N1CCN(c1cccnc1)C2=O. The van der Waals surface area contributed by atoms with Gasteiger partial charge in [0.2, 0.25) is 5.91 Å². The van der Waals surface area contributed by atoms with Crippen LogP contribution in [0.1, 0.15) is 30.9 Å². The molecule has 3 heterocycles. The highest BCUT2D eigenvalue weighted by molar-refractivity contribution is 6.21. The number of benzene rings is 2. The number of aromatic nitrogens is 1. The van der Waals surface area contributed by atoms with Gasteiger partial charge in [0.1, 0.15) is 11.2 Å². The third-order valence-electron chi connectivity index (χ3n) is 6.73. The molecule has 2 aromatic carbocycles. The first-order chi connectivity index (χ1) is 17.9. The van der Waals surface area contributed by atoms with Crippen molar-refractivity contribution in [3.8, 4) is 11.8 Å². The van der Waals surface area contributed by atoms with Gasteiger partial charge in [-0.25, -0.2) is 18.5 Å². The maximum absolute atomic E-state index is 15.2. The molecule has 2 aliphatic rings. The van der Waals surface area contributed by atoms with Crippen LogP contribution in [-0.4, -0.2) is 46.4 Å². The number of hydrogen-bond donors (Lipinski definition) is 0. The molecule has 186 valence electrons. The summed E-state index contributed by atoms with van der Waals surface area (Å²) in [5, 5.41) is 0. The fraction of sp³-hybridized carbons (Fsp3) is 0.214. The highest BCUT2D eigenvalue weighted by atomic mass is 19.1. The summed E-state index contributed by atoms with van der Waals surface area (Å²) in [6, 6.07) is 13.4. The number of piperazine rings is 1. The summed E-state index contributed by atoms with van der Waals surface area (Å²) in [6.07, 6.45) is 2.86. The van der Waals surface area contributed by atoms with Gasteiger partial charge in [0, 0.05) is 30.4 Å². The van der Waals surface area contributed by atoms with E-state index in [1.165, 1.54) is 16.0 Å². The first kappa shape index (κ1) is 24.1. The van der Waals surface area contributed by atoms with E-state index in [0.717, 1.165) is 12.1 Å². The minimum Gasteiger partial charge on any atom is -0.307 e. The number of fused-ring (bicyclic) bond motifs is 1. The second-order valence-electron chi connectivity index (χ2n) is 8.80. The third-order valence-corrected chi connectivity index (χ3v) is 6.73. The molecule has 5 rings (SSSR count). The van der Waals surface area contributed by atoms with Crippen LogP contribution in [0.5, 0.6) is 0 Å².